The van der Waals surface area contributed by atoms with Crippen LogP contribution in [0.25, 0.3) is 0 Å². The van der Waals surface area contributed by atoms with Gasteiger partial charge in [0.1, 0.15) is 0 Å². The number of ether oxygens (including phenoxy) is 1. The topological polar surface area (TPSA) is 55.6 Å². The van der Waals surface area contributed by atoms with E-state index in [1.54, 1.807) is 0 Å². The maximum absolute atomic E-state index is 12.7. The molecule has 25 heavy (non-hydrogen) atoms. The fourth-order valence-corrected chi connectivity index (χ4v) is 3.93. The number of carbonyl (C=O) groups is 1. The smallest absolute Gasteiger partial charge is 0.242 e. The lowest BCUT2D eigenvalue weighted by Gasteiger charge is -2.35. The first-order chi connectivity index (χ1) is 11.7. The molecule has 0 radical (unpaired) electrons. The fourth-order valence-electron chi connectivity index (χ4n) is 3.93. The molecule has 1 aliphatic heterocycles. The SMILES string of the molecule is Cl.NC1(C(=O)N2CCC(OCCCc3ccccc3)C2)CCCCC1. The average Bonchev–Trinajstić information content (AvgIpc) is 3.08. The van der Waals surface area contributed by atoms with Crippen LogP contribution in [0.3, 0.4) is 0 Å². The molecule has 1 aromatic rings. The van der Waals surface area contributed by atoms with Gasteiger partial charge in [0.15, 0.2) is 0 Å². The molecule has 1 aromatic carbocycles. The average molecular weight is 367 g/mol. The van der Waals surface area contributed by atoms with Crippen LogP contribution in [0, 0.1) is 0 Å². The van der Waals surface area contributed by atoms with Gasteiger partial charge >= 0.3 is 0 Å². The van der Waals surface area contributed by atoms with Crippen LogP contribution >= 0.6 is 12.4 Å². The number of carbonyl (C=O) groups excluding carboxylic acids is 1. The van der Waals surface area contributed by atoms with Gasteiger partial charge in [-0.25, -0.2) is 0 Å². The van der Waals surface area contributed by atoms with Gasteiger partial charge in [0.25, 0.3) is 0 Å². The minimum absolute atomic E-state index is 0. The van der Waals surface area contributed by atoms with Crippen molar-refractivity contribution >= 4 is 18.3 Å². The first kappa shape index (κ1) is 20.2. The Hall–Kier alpha value is -1.10. The number of aryl methyl sites for hydroxylation is 1. The zero-order valence-electron chi connectivity index (χ0n) is 15.0. The van der Waals surface area contributed by atoms with E-state index < -0.39 is 5.54 Å². The molecular formula is C20H31ClN2O2. The molecule has 3 rings (SSSR count). The molecule has 1 atom stereocenters. The molecule has 2 N–H and O–H groups in total. The summed E-state index contributed by atoms with van der Waals surface area (Å²) < 4.78 is 5.99. The zero-order valence-corrected chi connectivity index (χ0v) is 15.8. The van der Waals surface area contributed by atoms with Crippen molar-refractivity contribution in [3.05, 3.63) is 35.9 Å². The number of rotatable bonds is 6. The van der Waals surface area contributed by atoms with Crippen molar-refractivity contribution in [2.45, 2.75) is 63.0 Å². The summed E-state index contributed by atoms with van der Waals surface area (Å²) in [5.41, 5.74) is 7.12. The molecule has 140 valence electrons. The van der Waals surface area contributed by atoms with Gasteiger partial charge in [-0.2, -0.15) is 0 Å². The number of hydrogen-bond donors (Lipinski definition) is 1. The van der Waals surface area contributed by atoms with Gasteiger partial charge in [-0.3, -0.25) is 4.79 Å². The minimum atomic E-state index is -0.611. The highest BCUT2D eigenvalue weighted by Crippen LogP contribution is 2.29. The van der Waals surface area contributed by atoms with E-state index in [2.05, 4.69) is 24.3 Å². The Kier molecular flexibility index (Phi) is 7.73. The maximum Gasteiger partial charge on any atom is 0.242 e. The Morgan fingerprint density at radius 3 is 2.64 bits per heavy atom. The fraction of sp³-hybridized carbons (Fsp3) is 0.650. The number of benzene rings is 1. The highest BCUT2D eigenvalue weighted by Gasteiger charge is 2.40. The number of likely N-dealkylation sites (tertiary alicyclic amines) is 1. The number of halogens is 1. The second-order valence-electron chi connectivity index (χ2n) is 7.34. The summed E-state index contributed by atoms with van der Waals surface area (Å²) in [4.78, 5) is 14.7. The Labute approximate surface area is 157 Å². The van der Waals surface area contributed by atoms with Crippen molar-refractivity contribution in [1.82, 2.24) is 4.90 Å². The monoisotopic (exact) mass is 366 g/mol. The zero-order chi connectivity index (χ0) is 16.8. The van der Waals surface area contributed by atoms with Crippen LogP contribution in [0.4, 0.5) is 0 Å². The summed E-state index contributed by atoms with van der Waals surface area (Å²) >= 11 is 0. The molecule has 1 aliphatic carbocycles. The molecule has 4 nitrogen and oxygen atoms in total. The number of nitrogens with zero attached hydrogens (tertiary/aromatic N) is 1. The molecule has 1 amide bonds. The van der Waals surface area contributed by atoms with Crippen molar-refractivity contribution in [2.24, 2.45) is 5.73 Å². The first-order valence-electron chi connectivity index (χ1n) is 9.41. The van der Waals surface area contributed by atoms with Crippen molar-refractivity contribution in [3.63, 3.8) is 0 Å². The second kappa shape index (κ2) is 9.56. The summed E-state index contributed by atoms with van der Waals surface area (Å²) in [6.07, 6.45) is 8.22. The van der Waals surface area contributed by atoms with Crippen LogP contribution in [0.15, 0.2) is 30.3 Å². The van der Waals surface area contributed by atoms with Crippen LogP contribution in [0.5, 0.6) is 0 Å². The Bertz CT molecular complexity index is 532. The van der Waals surface area contributed by atoms with Gasteiger partial charge in [-0.05, 0) is 37.7 Å². The first-order valence-corrected chi connectivity index (χ1v) is 9.41. The van der Waals surface area contributed by atoms with Crippen LogP contribution in [0.2, 0.25) is 0 Å². The molecule has 1 heterocycles. The predicted molar refractivity (Wildman–Crippen MR) is 103 cm³/mol. The third kappa shape index (κ3) is 5.44. The lowest BCUT2D eigenvalue weighted by atomic mass is 9.81. The molecule has 1 unspecified atom stereocenters. The summed E-state index contributed by atoms with van der Waals surface area (Å²) in [6.45, 7) is 2.26. The second-order valence-corrected chi connectivity index (χ2v) is 7.34. The van der Waals surface area contributed by atoms with Gasteiger partial charge in [0, 0.05) is 19.7 Å². The van der Waals surface area contributed by atoms with Gasteiger partial charge in [0.2, 0.25) is 5.91 Å². The number of amides is 1. The lowest BCUT2D eigenvalue weighted by Crippen LogP contribution is -2.55. The standard InChI is InChI=1S/C20H30N2O2.ClH/c21-20(12-5-2-6-13-20)19(23)22-14-11-18(16-22)24-15-7-10-17-8-3-1-4-9-17;/h1,3-4,8-9,18H,2,5-7,10-16,21H2;1H. The van der Waals surface area contributed by atoms with E-state index in [0.29, 0.717) is 6.54 Å². The van der Waals surface area contributed by atoms with Gasteiger partial charge < -0.3 is 15.4 Å². The summed E-state index contributed by atoms with van der Waals surface area (Å²) in [5.74, 6) is 0.151. The molecule has 2 fully saturated rings. The van der Waals surface area contributed by atoms with E-state index in [1.165, 1.54) is 12.0 Å². The van der Waals surface area contributed by atoms with E-state index in [0.717, 1.165) is 58.1 Å². The third-order valence-corrected chi connectivity index (χ3v) is 5.41. The van der Waals surface area contributed by atoms with Crippen LogP contribution in [0.1, 0.15) is 50.5 Å². The molecule has 0 bridgehead atoms. The van der Waals surface area contributed by atoms with Crippen molar-refractivity contribution in [2.75, 3.05) is 19.7 Å². The Balaban J connectivity index is 0.00000225. The molecule has 0 spiro atoms. The van der Waals surface area contributed by atoms with E-state index in [-0.39, 0.29) is 24.4 Å². The van der Waals surface area contributed by atoms with Gasteiger partial charge in [0.05, 0.1) is 11.6 Å². The lowest BCUT2D eigenvalue weighted by molar-refractivity contribution is -0.137. The Morgan fingerprint density at radius 2 is 1.92 bits per heavy atom. The summed E-state index contributed by atoms with van der Waals surface area (Å²) in [5, 5.41) is 0. The molecule has 0 aromatic heterocycles. The van der Waals surface area contributed by atoms with E-state index in [1.807, 2.05) is 11.0 Å². The highest BCUT2D eigenvalue weighted by atomic mass is 35.5. The van der Waals surface area contributed by atoms with Crippen LogP contribution in [-0.4, -0.2) is 42.1 Å². The third-order valence-electron chi connectivity index (χ3n) is 5.41. The van der Waals surface area contributed by atoms with Crippen molar-refractivity contribution < 1.29 is 9.53 Å². The van der Waals surface area contributed by atoms with Gasteiger partial charge in [-0.15, -0.1) is 12.4 Å². The van der Waals surface area contributed by atoms with Crippen LogP contribution in [-0.2, 0) is 16.0 Å². The van der Waals surface area contributed by atoms with E-state index in [4.69, 9.17) is 10.5 Å². The quantitative estimate of drug-likeness (QED) is 0.786. The number of nitrogens with two attached hydrogens (primary N) is 1. The van der Waals surface area contributed by atoms with Crippen LogP contribution < -0.4 is 5.73 Å². The largest absolute Gasteiger partial charge is 0.376 e. The normalized spacial score (nSPS) is 22.4. The number of hydrogen-bond acceptors (Lipinski definition) is 3. The van der Waals surface area contributed by atoms with Crippen molar-refractivity contribution in [3.8, 4) is 0 Å². The van der Waals surface area contributed by atoms with E-state index in [9.17, 15) is 4.79 Å². The predicted octanol–water partition coefficient (Wildman–Crippen LogP) is 3.32. The highest BCUT2D eigenvalue weighted by molar-refractivity contribution is 5.86. The summed E-state index contributed by atoms with van der Waals surface area (Å²) in [6, 6.07) is 10.5. The van der Waals surface area contributed by atoms with Gasteiger partial charge in [-0.1, -0.05) is 49.6 Å². The maximum atomic E-state index is 12.7. The molecule has 2 aliphatic rings. The molecule has 1 saturated carbocycles. The molecule has 1 saturated heterocycles. The molecule has 5 heteroatoms. The van der Waals surface area contributed by atoms with Crippen molar-refractivity contribution in [1.29, 1.82) is 0 Å². The minimum Gasteiger partial charge on any atom is -0.376 e. The van der Waals surface area contributed by atoms with E-state index >= 15 is 0 Å². The molecular weight excluding hydrogens is 336 g/mol. The Morgan fingerprint density at radius 1 is 1.20 bits per heavy atom. The summed E-state index contributed by atoms with van der Waals surface area (Å²) in [7, 11) is 0.